The molecule has 0 amide bonds. The third kappa shape index (κ3) is 6.75. The third-order valence-electron chi connectivity index (χ3n) is 0.401. The van der Waals surface area contributed by atoms with Gasteiger partial charge in [0.25, 0.3) is 0 Å². The number of rotatable bonds is 3. The second-order valence-electron chi connectivity index (χ2n) is 1.06. The van der Waals surface area contributed by atoms with Crippen molar-refractivity contribution in [3.63, 3.8) is 0 Å². The van der Waals surface area contributed by atoms with Crippen molar-refractivity contribution in [2.75, 3.05) is 6.61 Å². The van der Waals surface area contributed by atoms with E-state index in [0.717, 1.165) is 13.0 Å². The standard InChI is InChI=1S/C3H8OS3/c1-2-3-4-7(5)6/h7H,2-3H2,1H3. The fourth-order valence-corrected chi connectivity index (χ4v) is 0.945. The molecular weight excluding hydrogens is 148 g/mol. The van der Waals surface area contributed by atoms with Crippen LogP contribution in [0.25, 0.3) is 0 Å². The number of hydrogen-bond acceptors (Lipinski definition) is 3. The summed E-state index contributed by atoms with van der Waals surface area (Å²) in [6, 6.07) is 0. The first-order chi connectivity index (χ1) is 3.27. The van der Waals surface area contributed by atoms with Crippen molar-refractivity contribution in [3.8, 4) is 0 Å². The van der Waals surface area contributed by atoms with Gasteiger partial charge >= 0.3 is 0 Å². The van der Waals surface area contributed by atoms with Gasteiger partial charge in [-0.15, -0.1) is 0 Å². The third-order valence-corrected chi connectivity index (χ3v) is 1.43. The first-order valence-electron chi connectivity index (χ1n) is 2.04. The maximum absolute atomic E-state index is 4.89. The fourth-order valence-electron chi connectivity index (χ4n) is 0.166. The smallest absolute Gasteiger partial charge is 0.0614 e. The van der Waals surface area contributed by atoms with Gasteiger partial charge < -0.3 is 4.18 Å². The lowest BCUT2D eigenvalue weighted by molar-refractivity contribution is 0.376. The molecule has 7 heavy (non-hydrogen) atoms. The van der Waals surface area contributed by atoms with Gasteiger partial charge in [0.05, 0.1) is 6.61 Å². The van der Waals surface area contributed by atoms with E-state index in [2.05, 4.69) is 22.4 Å². The van der Waals surface area contributed by atoms with E-state index < -0.39 is 8.29 Å². The molecule has 0 aliphatic carbocycles. The molecule has 1 nitrogen and oxygen atoms in total. The van der Waals surface area contributed by atoms with E-state index in [1.807, 2.05) is 6.92 Å². The molecular formula is C3H8OS3. The summed E-state index contributed by atoms with van der Waals surface area (Å²) in [7, 11) is -0.940. The molecule has 4 heteroatoms. The lowest BCUT2D eigenvalue weighted by Crippen LogP contribution is -1.85. The zero-order valence-corrected chi connectivity index (χ0v) is 6.61. The maximum Gasteiger partial charge on any atom is 0.0614 e. The summed E-state index contributed by atoms with van der Waals surface area (Å²) in [5, 5.41) is 0. The first kappa shape index (κ1) is 7.75. The monoisotopic (exact) mass is 156 g/mol. The molecule has 0 atom stereocenters. The van der Waals surface area contributed by atoms with Gasteiger partial charge in [0.1, 0.15) is 0 Å². The predicted octanol–water partition coefficient (Wildman–Crippen LogP) is 0.602. The second-order valence-corrected chi connectivity index (χ2v) is 4.45. The summed E-state index contributed by atoms with van der Waals surface area (Å²) >= 11 is 9.20. The topological polar surface area (TPSA) is 9.23 Å². The molecule has 44 valence electrons. The Balaban J connectivity index is 2.98. The Kier molecular flexibility index (Phi) is 5.42. The average molecular weight is 156 g/mol. The minimum atomic E-state index is -0.940. The molecule has 0 bridgehead atoms. The van der Waals surface area contributed by atoms with Crippen LogP contribution in [0.3, 0.4) is 0 Å². The Morgan fingerprint density at radius 3 is 2.29 bits per heavy atom. The van der Waals surface area contributed by atoms with Crippen LogP contribution in [0.1, 0.15) is 13.3 Å². The lowest BCUT2D eigenvalue weighted by atomic mass is 10.5. The van der Waals surface area contributed by atoms with E-state index in [4.69, 9.17) is 4.18 Å². The quantitative estimate of drug-likeness (QED) is 0.600. The van der Waals surface area contributed by atoms with Crippen molar-refractivity contribution in [3.05, 3.63) is 0 Å². The SMILES string of the molecule is CCCO[SH](=S)=S. The molecule has 0 spiro atoms. The van der Waals surface area contributed by atoms with Crippen molar-refractivity contribution in [1.82, 2.24) is 0 Å². The summed E-state index contributed by atoms with van der Waals surface area (Å²) in [5.74, 6) is 0. The van der Waals surface area contributed by atoms with Crippen LogP contribution in [-0.4, -0.2) is 6.61 Å². The lowest BCUT2D eigenvalue weighted by Gasteiger charge is -1.89. The van der Waals surface area contributed by atoms with Crippen molar-refractivity contribution >= 4 is 30.7 Å². The zero-order chi connectivity index (χ0) is 5.70. The fraction of sp³-hybridized carbons (Fsp3) is 1.00. The highest BCUT2D eigenvalue weighted by molar-refractivity contribution is 8.44. The molecule has 0 aliphatic heterocycles. The Bertz CT molecular complexity index is 88.4. The Morgan fingerprint density at radius 2 is 2.14 bits per heavy atom. The Hall–Kier alpha value is 0.750. The molecule has 0 fully saturated rings. The van der Waals surface area contributed by atoms with E-state index in [0.29, 0.717) is 0 Å². The van der Waals surface area contributed by atoms with Gasteiger partial charge in [0, 0.05) is 8.29 Å². The number of hydrogen-bond donors (Lipinski definition) is 1. The molecule has 0 radical (unpaired) electrons. The molecule has 0 heterocycles. The summed E-state index contributed by atoms with van der Waals surface area (Å²) < 4.78 is 4.89. The highest BCUT2D eigenvalue weighted by Crippen LogP contribution is 1.77. The van der Waals surface area contributed by atoms with E-state index in [-0.39, 0.29) is 0 Å². The Morgan fingerprint density at radius 1 is 1.57 bits per heavy atom. The molecule has 0 saturated heterocycles. The summed E-state index contributed by atoms with van der Waals surface area (Å²) in [6.45, 7) is 2.75. The van der Waals surface area contributed by atoms with Crippen molar-refractivity contribution < 1.29 is 4.18 Å². The number of thiol groups is 1. The van der Waals surface area contributed by atoms with Gasteiger partial charge in [0.2, 0.25) is 0 Å². The van der Waals surface area contributed by atoms with Crippen molar-refractivity contribution in [1.29, 1.82) is 0 Å². The van der Waals surface area contributed by atoms with Gasteiger partial charge in [-0.1, -0.05) is 6.92 Å². The van der Waals surface area contributed by atoms with Crippen LogP contribution in [0, 0.1) is 0 Å². The van der Waals surface area contributed by atoms with Gasteiger partial charge in [0.15, 0.2) is 0 Å². The van der Waals surface area contributed by atoms with Crippen LogP contribution in [0.15, 0.2) is 0 Å². The van der Waals surface area contributed by atoms with Crippen molar-refractivity contribution in [2.45, 2.75) is 13.3 Å². The molecule has 0 aliphatic rings. The minimum absolute atomic E-state index is 0.721. The average Bonchev–Trinajstić information content (AvgIpc) is 1.61. The molecule has 0 aromatic carbocycles. The van der Waals surface area contributed by atoms with E-state index >= 15 is 0 Å². The summed E-state index contributed by atoms with van der Waals surface area (Å²) in [5.41, 5.74) is 0. The highest BCUT2D eigenvalue weighted by atomic mass is 33.1. The summed E-state index contributed by atoms with van der Waals surface area (Å²) in [4.78, 5) is 0. The van der Waals surface area contributed by atoms with E-state index in [1.165, 1.54) is 0 Å². The summed E-state index contributed by atoms with van der Waals surface area (Å²) in [6.07, 6.45) is 1.01. The van der Waals surface area contributed by atoms with Gasteiger partial charge in [-0.25, -0.2) is 0 Å². The van der Waals surface area contributed by atoms with Crippen LogP contribution < -0.4 is 0 Å². The van der Waals surface area contributed by atoms with Crippen LogP contribution in [0.5, 0.6) is 0 Å². The van der Waals surface area contributed by atoms with Crippen LogP contribution in [0.2, 0.25) is 0 Å². The van der Waals surface area contributed by atoms with Crippen molar-refractivity contribution in [2.24, 2.45) is 0 Å². The minimum Gasteiger partial charge on any atom is -0.313 e. The molecule has 0 aromatic heterocycles. The van der Waals surface area contributed by atoms with Gasteiger partial charge in [-0.3, -0.25) is 0 Å². The largest absolute Gasteiger partial charge is 0.313 e. The first-order valence-corrected chi connectivity index (χ1v) is 5.33. The second kappa shape index (κ2) is 4.90. The highest BCUT2D eigenvalue weighted by Gasteiger charge is 1.74. The molecule has 0 N–H and O–H groups in total. The molecule has 0 unspecified atom stereocenters. The zero-order valence-electron chi connectivity index (χ0n) is 4.09. The van der Waals surface area contributed by atoms with Crippen LogP contribution >= 0.6 is 0 Å². The van der Waals surface area contributed by atoms with E-state index in [1.54, 1.807) is 0 Å². The predicted molar refractivity (Wildman–Crippen MR) is 39.7 cm³/mol. The van der Waals surface area contributed by atoms with Crippen LogP contribution in [0.4, 0.5) is 0 Å². The molecule has 0 saturated carbocycles. The molecule has 0 rings (SSSR count). The van der Waals surface area contributed by atoms with E-state index in [9.17, 15) is 0 Å². The maximum atomic E-state index is 4.89. The van der Waals surface area contributed by atoms with Crippen LogP contribution in [-0.2, 0) is 34.9 Å². The van der Waals surface area contributed by atoms with Gasteiger partial charge in [-0.2, -0.15) is 0 Å². The molecule has 0 aromatic rings. The van der Waals surface area contributed by atoms with Gasteiger partial charge in [-0.05, 0) is 28.8 Å². The normalized spacial score (nSPS) is 10.0. The Labute approximate surface area is 55.1 Å².